The van der Waals surface area contributed by atoms with Crippen LogP contribution in [0, 0.1) is 44.3 Å². The lowest BCUT2D eigenvalue weighted by Crippen LogP contribution is -2.85. The van der Waals surface area contributed by atoms with E-state index in [0.29, 0.717) is 12.8 Å². The molecule has 3 aliphatic carbocycles. The number of nitriles is 2. The molecule has 0 N–H and O–H groups in total. The number of nitrogens with zero attached hydrogens (tertiary/aromatic N) is 3. The van der Waals surface area contributed by atoms with Gasteiger partial charge in [0.15, 0.2) is 22.3 Å². The van der Waals surface area contributed by atoms with Crippen LogP contribution < -0.4 is 0 Å². The summed E-state index contributed by atoms with van der Waals surface area (Å²) >= 11 is 0. The van der Waals surface area contributed by atoms with Gasteiger partial charge in [0.1, 0.15) is 11.0 Å². The number of benzene rings is 1. The predicted molar refractivity (Wildman–Crippen MR) is 141 cm³/mol. The maximum atomic E-state index is 14.6. The molecule has 0 aromatic heterocycles. The molecule has 4 fully saturated rings. The van der Waals surface area contributed by atoms with Crippen molar-refractivity contribution in [2.45, 2.75) is 56.3 Å². The molecule has 4 aliphatic rings. The van der Waals surface area contributed by atoms with Crippen LogP contribution in [-0.4, -0.2) is 70.2 Å². The van der Waals surface area contributed by atoms with Crippen molar-refractivity contribution in [3.8, 4) is 12.1 Å². The standard InChI is InChI=1S/C30H31N3O9/c1-38-21(34)20-28(23(35)39-2)22(33-19-13-9-6-10-14-19)29(24(36)40-3)26(16-31,17-32)15-27(42-20,18-11-7-5-8-12-18)30(28,29)25(37)41-4/h5,7-8,11-12,19-20H,6,9-10,13-15H2,1-4H3/t20-,27+,28+,29-,30+/m1/s1. The molecular formula is C30H31N3O9. The average Bonchev–Trinajstić information content (AvgIpc) is 3.40. The summed E-state index contributed by atoms with van der Waals surface area (Å²) in [6.45, 7) is 0. The predicted octanol–water partition coefficient (Wildman–Crippen LogP) is 2.16. The van der Waals surface area contributed by atoms with Crippen molar-refractivity contribution in [1.29, 1.82) is 10.5 Å². The van der Waals surface area contributed by atoms with Gasteiger partial charge in [0.2, 0.25) is 0 Å². The van der Waals surface area contributed by atoms with Crippen molar-refractivity contribution in [2.75, 3.05) is 28.4 Å². The van der Waals surface area contributed by atoms with Gasteiger partial charge in [0.05, 0.1) is 46.3 Å². The van der Waals surface area contributed by atoms with E-state index in [1.807, 2.05) is 12.1 Å². The molecule has 0 bridgehead atoms. The number of aliphatic imine (C=N–C) groups is 1. The van der Waals surface area contributed by atoms with Crippen LogP contribution in [-0.2, 0) is 48.5 Å². The summed E-state index contributed by atoms with van der Waals surface area (Å²) in [5, 5.41) is 21.6. The van der Waals surface area contributed by atoms with Crippen LogP contribution >= 0.6 is 0 Å². The SMILES string of the molecule is COC(=O)[C@H]1O[C@]2(c3ccccc3)CC(C#N)(C#N)[C@]3(C(=O)OC)C(=NC4CCCCC4)[C@@]1(C(=O)OC)[C@@]32C(=O)OC. The van der Waals surface area contributed by atoms with Gasteiger partial charge in [-0.1, -0.05) is 49.6 Å². The Morgan fingerprint density at radius 1 is 0.857 bits per heavy atom. The summed E-state index contributed by atoms with van der Waals surface area (Å²) in [6, 6.07) is 11.6. The monoisotopic (exact) mass is 577 g/mol. The third-order valence-corrected chi connectivity index (χ3v) is 9.77. The molecule has 0 unspecified atom stereocenters. The van der Waals surface area contributed by atoms with Crippen molar-refractivity contribution < 1.29 is 42.9 Å². The molecule has 1 aliphatic heterocycles. The topological polar surface area (TPSA) is 174 Å². The quantitative estimate of drug-likeness (QED) is 0.358. The van der Waals surface area contributed by atoms with Crippen molar-refractivity contribution in [3.63, 3.8) is 0 Å². The maximum absolute atomic E-state index is 14.6. The highest BCUT2D eigenvalue weighted by molar-refractivity contribution is 6.33. The summed E-state index contributed by atoms with van der Waals surface area (Å²) in [7, 11) is 4.24. The van der Waals surface area contributed by atoms with Crippen molar-refractivity contribution >= 4 is 29.6 Å². The minimum absolute atomic E-state index is 0.229. The Morgan fingerprint density at radius 3 is 1.98 bits per heavy atom. The molecule has 1 aromatic carbocycles. The van der Waals surface area contributed by atoms with Gasteiger partial charge < -0.3 is 23.7 Å². The Hall–Kier alpha value is -4.29. The first kappa shape index (κ1) is 29.2. The summed E-state index contributed by atoms with van der Waals surface area (Å²) in [5.41, 5.74) is -12.1. The normalized spacial score (nSPS) is 35.1. The first-order chi connectivity index (χ1) is 20.2. The Morgan fingerprint density at radius 2 is 1.45 bits per heavy atom. The Balaban J connectivity index is 2.07. The lowest BCUT2D eigenvalue weighted by Gasteiger charge is -2.64. The number of rotatable bonds is 6. The lowest BCUT2D eigenvalue weighted by molar-refractivity contribution is -0.206. The second-order valence-corrected chi connectivity index (χ2v) is 11.1. The molecule has 0 spiro atoms. The number of hydrogen-bond donors (Lipinski definition) is 0. The van der Waals surface area contributed by atoms with Gasteiger partial charge in [-0.2, -0.15) is 10.5 Å². The summed E-state index contributed by atoms with van der Waals surface area (Å²) in [4.78, 5) is 61.8. The van der Waals surface area contributed by atoms with Gasteiger partial charge >= 0.3 is 23.9 Å². The molecule has 0 radical (unpaired) electrons. The second kappa shape index (κ2) is 9.92. The molecule has 1 saturated heterocycles. The van der Waals surface area contributed by atoms with Gasteiger partial charge in [0, 0.05) is 12.5 Å². The van der Waals surface area contributed by atoms with Crippen molar-refractivity contribution in [1.82, 2.24) is 0 Å². The first-order valence-electron chi connectivity index (χ1n) is 13.6. The molecule has 220 valence electrons. The van der Waals surface area contributed by atoms with Crippen LogP contribution in [0.3, 0.4) is 0 Å². The fourth-order valence-electron chi connectivity index (χ4n) is 8.42. The minimum atomic E-state index is -2.54. The summed E-state index contributed by atoms with van der Waals surface area (Å²) in [6.07, 6.45) is 1.23. The molecule has 12 nitrogen and oxygen atoms in total. The zero-order chi connectivity index (χ0) is 30.6. The number of ether oxygens (including phenoxy) is 5. The molecule has 0 amide bonds. The molecule has 12 heteroatoms. The summed E-state index contributed by atoms with van der Waals surface area (Å²) in [5.74, 6) is -4.48. The van der Waals surface area contributed by atoms with Crippen molar-refractivity contribution in [2.24, 2.45) is 26.7 Å². The van der Waals surface area contributed by atoms with Gasteiger partial charge in [0.25, 0.3) is 0 Å². The number of hydrogen-bond acceptors (Lipinski definition) is 12. The zero-order valence-electron chi connectivity index (χ0n) is 23.8. The number of esters is 4. The Bertz CT molecular complexity index is 1440. The van der Waals surface area contributed by atoms with E-state index in [-0.39, 0.29) is 11.3 Å². The third kappa shape index (κ3) is 2.86. The smallest absolute Gasteiger partial charge is 0.336 e. The van der Waals surface area contributed by atoms with Gasteiger partial charge in [-0.3, -0.25) is 19.4 Å². The van der Waals surface area contributed by atoms with Crippen LogP contribution in [0.2, 0.25) is 0 Å². The van der Waals surface area contributed by atoms with E-state index in [2.05, 4.69) is 0 Å². The van der Waals surface area contributed by atoms with E-state index in [4.69, 9.17) is 28.7 Å². The van der Waals surface area contributed by atoms with Crippen LogP contribution in [0.1, 0.15) is 44.1 Å². The van der Waals surface area contributed by atoms with E-state index in [0.717, 1.165) is 47.7 Å². The van der Waals surface area contributed by atoms with E-state index in [1.54, 1.807) is 30.3 Å². The second-order valence-electron chi connectivity index (χ2n) is 11.1. The molecular weight excluding hydrogens is 546 g/mol. The van der Waals surface area contributed by atoms with Gasteiger partial charge in [-0.25, -0.2) is 4.79 Å². The van der Waals surface area contributed by atoms with Crippen LogP contribution in [0.5, 0.6) is 0 Å². The third-order valence-electron chi connectivity index (χ3n) is 9.77. The molecule has 1 heterocycles. The fraction of sp³-hybridized carbons (Fsp3) is 0.567. The molecule has 42 heavy (non-hydrogen) atoms. The molecule has 5 atom stereocenters. The minimum Gasteiger partial charge on any atom is -0.468 e. The lowest BCUT2D eigenvalue weighted by atomic mass is 9.30. The molecule has 3 saturated carbocycles. The molecule has 5 rings (SSSR count). The van der Waals surface area contributed by atoms with E-state index in [1.165, 1.54) is 0 Å². The highest BCUT2D eigenvalue weighted by Crippen LogP contribution is 2.89. The Kier molecular flexibility index (Phi) is 6.90. The zero-order valence-corrected chi connectivity index (χ0v) is 23.8. The first-order valence-corrected chi connectivity index (χ1v) is 13.6. The number of carbonyl (C=O) groups excluding carboxylic acids is 4. The Labute approximate surface area is 242 Å². The van der Waals surface area contributed by atoms with Crippen LogP contribution in [0.15, 0.2) is 35.3 Å². The van der Waals surface area contributed by atoms with Gasteiger partial charge in [-0.05, 0) is 18.4 Å². The van der Waals surface area contributed by atoms with Crippen LogP contribution in [0.25, 0.3) is 0 Å². The van der Waals surface area contributed by atoms with Crippen molar-refractivity contribution in [3.05, 3.63) is 35.9 Å². The summed E-state index contributed by atoms with van der Waals surface area (Å²) < 4.78 is 27.6. The fourth-order valence-corrected chi connectivity index (χ4v) is 8.42. The van der Waals surface area contributed by atoms with Crippen LogP contribution in [0.4, 0.5) is 0 Å². The maximum Gasteiger partial charge on any atom is 0.336 e. The number of carbonyl (C=O) groups is 4. The van der Waals surface area contributed by atoms with E-state index in [9.17, 15) is 29.7 Å². The highest BCUT2D eigenvalue weighted by atomic mass is 16.6. The molecule has 1 aromatic rings. The van der Waals surface area contributed by atoms with E-state index < -0.39 is 69.7 Å². The number of methoxy groups -OCH3 is 4. The van der Waals surface area contributed by atoms with Gasteiger partial charge in [-0.15, -0.1) is 0 Å². The van der Waals surface area contributed by atoms with E-state index >= 15 is 0 Å². The highest BCUT2D eigenvalue weighted by Gasteiger charge is 3.07. The average molecular weight is 578 g/mol. The largest absolute Gasteiger partial charge is 0.468 e.